The lowest BCUT2D eigenvalue weighted by atomic mass is 10.2. The van der Waals surface area contributed by atoms with E-state index in [2.05, 4.69) is 5.43 Å². The number of fused-ring (bicyclic) bond motifs is 1. The van der Waals surface area contributed by atoms with Gasteiger partial charge in [0, 0.05) is 13.0 Å². The number of hydrogen-bond acceptors (Lipinski definition) is 4. The van der Waals surface area contributed by atoms with Crippen molar-refractivity contribution in [3.05, 3.63) is 34.0 Å². The van der Waals surface area contributed by atoms with Crippen molar-refractivity contribution in [1.82, 2.24) is 4.68 Å². The van der Waals surface area contributed by atoms with Crippen molar-refractivity contribution >= 4 is 22.5 Å². The Morgan fingerprint density at radius 1 is 1.50 bits per heavy atom. The lowest BCUT2D eigenvalue weighted by molar-refractivity contribution is -0.383. The van der Waals surface area contributed by atoms with Gasteiger partial charge in [-0.15, -0.1) is 0 Å². The van der Waals surface area contributed by atoms with Gasteiger partial charge in [-0.25, -0.2) is 0 Å². The maximum absolute atomic E-state index is 11.1. The second kappa shape index (κ2) is 4.02. The van der Waals surface area contributed by atoms with E-state index in [1.807, 2.05) is 0 Å². The second-order valence-electron chi connectivity index (χ2n) is 3.90. The Morgan fingerprint density at radius 2 is 2.17 bits per heavy atom. The fraction of sp³-hybridized carbons (Fsp3) is 0.182. The Bertz CT molecular complexity index is 660. The summed E-state index contributed by atoms with van der Waals surface area (Å²) in [7, 11) is 0. The van der Waals surface area contributed by atoms with Crippen LogP contribution in [-0.4, -0.2) is 20.6 Å². The van der Waals surface area contributed by atoms with Gasteiger partial charge in [-0.2, -0.15) is 0 Å². The summed E-state index contributed by atoms with van der Waals surface area (Å²) in [6.07, 6.45) is 0. The van der Waals surface area contributed by atoms with Crippen LogP contribution in [0.4, 0.5) is 5.69 Å². The summed E-state index contributed by atoms with van der Waals surface area (Å²) in [5, 5.41) is 20.8. The molecule has 0 bridgehead atoms. The van der Waals surface area contributed by atoms with Crippen LogP contribution < -0.4 is 5.43 Å². The first-order chi connectivity index (χ1) is 8.41. The van der Waals surface area contributed by atoms with Gasteiger partial charge in [0.2, 0.25) is 5.91 Å². The van der Waals surface area contributed by atoms with Crippen LogP contribution in [0.2, 0.25) is 0 Å². The zero-order valence-electron chi connectivity index (χ0n) is 9.80. The molecule has 0 atom stereocenters. The molecule has 94 valence electrons. The van der Waals surface area contributed by atoms with Crippen molar-refractivity contribution in [2.45, 2.75) is 13.8 Å². The molecule has 7 nitrogen and oxygen atoms in total. The van der Waals surface area contributed by atoms with Crippen LogP contribution in [0, 0.1) is 17.0 Å². The van der Waals surface area contributed by atoms with Crippen LogP contribution in [-0.2, 0) is 4.79 Å². The van der Waals surface area contributed by atoms with Crippen LogP contribution in [0.1, 0.15) is 12.6 Å². The Kier molecular flexibility index (Phi) is 2.66. The van der Waals surface area contributed by atoms with E-state index in [1.165, 1.54) is 36.7 Å². The Hall–Kier alpha value is -2.57. The number of aromatic hydroxyl groups is 1. The topological polar surface area (TPSA) is 97.4 Å². The number of carbonyl (C=O) groups excluding carboxylic acids is 1. The highest BCUT2D eigenvalue weighted by Gasteiger charge is 2.23. The van der Waals surface area contributed by atoms with Gasteiger partial charge in [-0.1, -0.05) is 0 Å². The first-order valence-corrected chi connectivity index (χ1v) is 5.18. The molecule has 0 spiro atoms. The van der Waals surface area contributed by atoms with Crippen molar-refractivity contribution in [3.8, 4) is 5.75 Å². The van der Waals surface area contributed by atoms with Gasteiger partial charge in [-0.05, 0) is 19.1 Å². The summed E-state index contributed by atoms with van der Waals surface area (Å²) < 4.78 is 1.30. The van der Waals surface area contributed by atoms with Gasteiger partial charge < -0.3 is 5.11 Å². The molecule has 0 saturated heterocycles. The molecule has 0 saturated carbocycles. The van der Waals surface area contributed by atoms with Crippen LogP contribution in [0.25, 0.3) is 10.9 Å². The fourth-order valence-electron chi connectivity index (χ4n) is 1.92. The molecule has 1 heterocycles. The molecule has 2 rings (SSSR count). The maximum Gasteiger partial charge on any atom is 0.299 e. The molecule has 0 radical (unpaired) electrons. The van der Waals surface area contributed by atoms with Gasteiger partial charge in [0.1, 0.15) is 11.4 Å². The lowest BCUT2D eigenvalue weighted by Crippen LogP contribution is -2.20. The monoisotopic (exact) mass is 249 g/mol. The van der Waals surface area contributed by atoms with Gasteiger partial charge >= 0.3 is 0 Å². The quantitative estimate of drug-likeness (QED) is 0.624. The Labute approximate surface area is 102 Å². The lowest BCUT2D eigenvalue weighted by Gasteiger charge is -2.06. The van der Waals surface area contributed by atoms with Crippen LogP contribution in [0.5, 0.6) is 5.75 Å². The van der Waals surface area contributed by atoms with E-state index in [1.54, 1.807) is 0 Å². The normalized spacial score (nSPS) is 10.6. The van der Waals surface area contributed by atoms with Crippen LogP contribution >= 0.6 is 0 Å². The van der Waals surface area contributed by atoms with Gasteiger partial charge in [0.05, 0.1) is 15.8 Å². The second-order valence-corrected chi connectivity index (χ2v) is 3.90. The molecule has 0 aliphatic carbocycles. The third-order valence-corrected chi connectivity index (χ3v) is 2.61. The van der Waals surface area contributed by atoms with E-state index in [-0.39, 0.29) is 17.3 Å². The predicted molar refractivity (Wildman–Crippen MR) is 65.0 cm³/mol. The Morgan fingerprint density at radius 3 is 2.72 bits per heavy atom. The molecule has 7 heteroatoms. The molecule has 2 N–H and O–H groups in total. The highest BCUT2D eigenvalue weighted by Crippen LogP contribution is 2.33. The van der Waals surface area contributed by atoms with Gasteiger partial charge in [-0.3, -0.25) is 25.0 Å². The molecule has 0 aliphatic heterocycles. The standard InChI is InChI=1S/C11H11N3O4/c1-6-11(14(17)18)9-4-3-8(16)5-10(9)13(6)12-7(2)15/h3-5,16H,1-2H3,(H,12,15). The van der Waals surface area contributed by atoms with E-state index in [0.717, 1.165) is 0 Å². The summed E-state index contributed by atoms with van der Waals surface area (Å²) in [6, 6.07) is 4.19. The summed E-state index contributed by atoms with van der Waals surface area (Å²) in [5.74, 6) is -0.380. The molecule has 1 amide bonds. The number of phenols is 1. The van der Waals surface area contributed by atoms with E-state index in [4.69, 9.17) is 0 Å². The predicted octanol–water partition coefficient (Wildman–Crippen LogP) is 1.65. The minimum atomic E-state index is -0.507. The van der Waals surface area contributed by atoms with Crippen molar-refractivity contribution in [1.29, 1.82) is 0 Å². The number of benzene rings is 1. The van der Waals surface area contributed by atoms with E-state index in [0.29, 0.717) is 16.6 Å². The van der Waals surface area contributed by atoms with Gasteiger partial charge in [0.15, 0.2) is 0 Å². The zero-order chi connectivity index (χ0) is 13.4. The van der Waals surface area contributed by atoms with Crippen molar-refractivity contribution in [2.75, 3.05) is 5.43 Å². The minimum absolute atomic E-state index is 0.0264. The third kappa shape index (κ3) is 1.75. The first kappa shape index (κ1) is 11.9. The fourth-order valence-corrected chi connectivity index (χ4v) is 1.92. The maximum atomic E-state index is 11.1. The molecule has 1 aromatic carbocycles. The van der Waals surface area contributed by atoms with E-state index < -0.39 is 4.92 Å². The number of aromatic nitrogens is 1. The van der Waals surface area contributed by atoms with Crippen LogP contribution in [0.3, 0.4) is 0 Å². The first-order valence-electron chi connectivity index (χ1n) is 5.18. The van der Waals surface area contributed by atoms with Crippen molar-refractivity contribution in [3.63, 3.8) is 0 Å². The van der Waals surface area contributed by atoms with Crippen molar-refractivity contribution < 1.29 is 14.8 Å². The number of nitrogens with one attached hydrogen (secondary N) is 1. The molecule has 1 aromatic heterocycles. The van der Waals surface area contributed by atoms with Crippen molar-refractivity contribution in [2.24, 2.45) is 0 Å². The average molecular weight is 249 g/mol. The number of nitro groups is 1. The Balaban J connectivity index is 2.83. The SMILES string of the molecule is CC(=O)Nn1c(C)c([N+](=O)[O-])c2ccc(O)cc21. The van der Waals surface area contributed by atoms with Crippen LogP contribution in [0.15, 0.2) is 18.2 Å². The molecule has 18 heavy (non-hydrogen) atoms. The molecular weight excluding hydrogens is 238 g/mol. The number of amides is 1. The number of rotatable bonds is 2. The smallest absolute Gasteiger partial charge is 0.299 e. The van der Waals surface area contributed by atoms with E-state index >= 15 is 0 Å². The molecular formula is C11H11N3O4. The minimum Gasteiger partial charge on any atom is -0.508 e. The summed E-state index contributed by atoms with van der Waals surface area (Å²) in [4.78, 5) is 21.6. The summed E-state index contributed by atoms with van der Waals surface area (Å²) in [6.45, 7) is 2.84. The summed E-state index contributed by atoms with van der Waals surface area (Å²) in [5.41, 5.74) is 3.08. The number of hydrogen-bond donors (Lipinski definition) is 2. The molecule has 0 fully saturated rings. The molecule has 2 aromatic rings. The number of carbonyl (C=O) groups is 1. The largest absolute Gasteiger partial charge is 0.508 e. The zero-order valence-corrected chi connectivity index (χ0v) is 9.80. The molecule has 0 unspecified atom stereocenters. The molecule has 0 aliphatic rings. The van der Waals surface area contributed by atoms with E-state index in [9.17, 15) is 20.0 Å². The highest BCUT2D eigenvalue weighted by atomic mass is 16.6. The summed E-state index contributed by atoms with van der Waals surface area (Å²) >= 11 is 0. The number of nitrogens with zero attached hydrogens (tertiary/aromatic N) is 2. The number of phenolic OH excluding ortho intramolecular Hbond substituents is 1. The average Bonchev–Trinajstić information content (AvgIpc) is 2.52. The van der Waals surface area contributed by atoms with Gasteiger partial charge in [0.25, 0.3) is 5.69 Å². The third-order valence-electron chi connectivity index (χ3n) is 2.61. The highest BCUT2D eigenvalue weighted by molar-refractivity contribution is 5.94.